The van der Waals surface area contributed by atoms with Gasteiger partial charge in [-0.25, -0.2) is 0 Å². The molecule has 2 aromatic carbocycles. The largest absolute Gasteiger partial charge is 0.486 e. The number of para-hydroxylation sites is 2. The number of ether oxygens (including phenoxy) is 2. The summed E-state index contributed by atoms with van der Waals surface area (Å²) < 4.78 is 15.8. The third kappa shape index (κ3) is 5.91. The van der Waals surface area contributed by atoms with Crippen LogP contribution in [0.25, 0.3) is 0 Å². The fourth-order valence-electron chi connectivity index (χ4n) is 3.97. The molecule has 0 saturated heterocycles. The number of Topliss-reactive ketones (excluding diaryl/α,β-unsaturated/α-hetero) is 1. The van der Waals surface area contributed by atoms with Gasteiger partial charge >= 0.3 is 0 Å². The third-order valence-electron chi connectivity index (χ3n) is 5.82. The number of nitrogens with zero attached hydrogens (tertiary/aromatic N) is 3. The van der Waals surface area contributed by atoms with Crippen LogP contribution in [0, 0.1) is 13.8 Å². The van der Waals surface area contributed by atoms with Gasteiger partial charge < -0.3 is 14.0 Å². The molecular weight excluding hydrogens is 534 g/mol. The Hall–Kier alpha value is -2.46. The first kappa shape index (κ1) is 25.2. The number of rotatable bonds is 9. The van der Waals surface area contributed by atoms with Gasteiger partial charge in [0.25, 0.3) is 0 Å². The molecule has 0 saturated carbocycles. The van der Waals surface area contributed by atoms with E-state index in [-0.39, 0.29) is 11.9 Å². The van der Waals surface area contributed by atoms with Crippen LogP contribution >= 0.6 is 46.5 Å². The lowest BCUT2D eigenvalue weighted by molar-refractivity contribution is 0.0777. The van der Waals surface area contributed by atoms with Gasteiger partial charge in [-0.1, -0.05) is 70.7 Å². The molecule has 1 atom stereocenters. The number of ketones is 1. The summed E-state index contributed by atoms with van der Waals surface area (Å²) in [5.41, 5.74) is 3.88. The topological polar surface area (TPSA) is 66.2 Å². The zero-order chi connectivity index (χ0) is 25.1. The van der Waals surface area contributed by atoms with Gasteiger partial charge in [-0.15, -0.1) is 10.2 Å². The predicted molar refractivity (Wildman–Crippen MR) is 146 cm³/mol. The average molecular weight is 558 g/mol. The van der Waals surface area contributed by atoms with Crippen molar-refractivity contribution in [2.75, 3.05) is 12.4 Å². The normalized spacial score (nSPS) is 14.7. The van der Waals surface area contributed by atoms with Gasteiger partial charge in [0.1, 0.15) is 6.61 Å². The summed E-state index contributed by atoms with van der Waals surface area (Å²) in [7, 11) is 0. The quantitative estimate of drug-likeness (QED) is 0.167. The minimum atomic E-state index is -0.118. The van der Waals surface area contributed by atoms with E-state index in [1.807, 2.05) is 68.4 Å². The Morgan fingerprint density at radius 3 is 2.58 bits per heavy atom. The molecule has 0 spiro atoms. The van der Waals surface area contributed by atoms with Gasteiger partial charge in [0.2, 0.25) is 0 Å². The number of thioether (sulfide) groups is 2. The second-order valence-corrected chi connectivity index (χ2v) is 12.2. The van der Waals surface area contributed by atoms with Gasteiger partial charge in [-0.3, -0.25) is 4.79 Å². The molecule has 186 valence electrons. The molecule has 3 heterocycles. The minimum absolute atomic E-state index is 0.0797. The number of aryl methyl sites for hydroxylation is 1. The lowest BCUT2D eigenvalue weighted by Gasteiger charge is -2.27. The smallest absolute Gasteiger partial charge is 0.175 e. The Morgan fingerprint density at radius 2 is 1.81 bits per heavy atom. The Kier molecular flexibility index (Phi) is 7.90. The molecular formula is C26H24ClN3O3S3. The molecule has 0 fully saturated rings. The van der Waals surface area contributed by atoms with Gasteiger partial charge in [0, 0.05) is 27.7 Å². The summed E-state index contributed by atoms with van der Waals surface area (Å²) in [5.74, 6) is 2.72. The maximum atomic E-state index is 13.1. The molecule has 10 heteroatoms. The lowest BCUT2D eigenvalue weighted by Crippen LogP contribution is -2.33. The molecule has 6 nitrogen and oxygen atoms in total. The van der Waals surface area contributed by atoms with Crippen molar-refractivity contribution in [1.82, 2.24) is 14.8 Å². The first-order valence-corrected chi connectivity index (χ1v) is 14.5. The van der Waals surface area contributed by atoms with E-state index in [9.17, 15) is 4.79 Å². The van der Waals surface area contributed by atoms with Crippen LogP contribution in [0.4, 0.5) is 0 Å². The van der Waals surface area contributed by atoms with Crippen LogP contribution < -0.4 is 9.47 Å². The number of halogens is 1. The van der Waals surface area contributed by atoms with Crippen molar-refractivity contribution in [1.29, 1.82) is 0 Å². The van der Waals surface area contributed by atoms with E-state index in [4.69, 9.17) is 21.1 Å². The minimum Gasteiger partial charge on any atom is -0.486 e. The number of carbonyl (C=O) groups is 1. The van der Waals surface area contributed by atoms with Crippen LogP contribution in [0.15, 0.2) is 63.3 Å². The zero-order valence-corrected chi connectivity index (χ0v) is 23.0. The Balaban J connectivity index is 1.16. The average Bonchev–Trinajstić information content (AvgIpc) is 3.46. The van der Waals surface area contributed by atoms with Crippen molar-refractivity contribution in [3.8, 4) is 11.5 Å². The van der Waals surface area contributed by atoms with Crippen molar-refractivity contribution in [2.45, 2.75) is 40.9 Å². The van der Waals surface area contributed by atoms with E-state index in [1.54, 1.807) is 11.8 Å². The van der Waals surface area contributed by atoms with Gasteiger partial charge in [0.05, 0.1) is 12.3 Å². The third-order valence-corrected chi connectivity index (χ3v) is 9.33. The van der Waals surface area contributed by atoms with E-state index in [0.29, 0.717) is 18.9 Å². The first-order valence-electron chi connectivity index (χ1n) is 11.4. The Labute approximate surface area is 227 Å². The molecule has 2 aromatic heterocycles. The highest BCUT2D eigenvalue weighted by Crippen LogP contribution is 2.33. The van der Waals surface area contributed by atoms with E-state index in [1.165, 1.54) is 28.7 Å². The van der Waals surface area contributed by atoms with Crippen LogP contribution in [0.2, 0.25) is 5.02 Å². The predicted octanol–water partition coefficient (Wildman–Crippen LogP) is 6.72. The van der Waals surface area contributed by atoms with E-state index in [0.717, 1.165) is 47.9 Å². The van der Waals surface area contributed by atoms with Gasteiger partial charge in [0.15, 0.2) is 32.1 Å². The molecule has 1 aliphatic rings. The SMILES string of the molecule is Cc1cc(C(=O)CSc2nnc(SCc3ccc(Cl)cc3)s2)c(C)n1CC1COc2ccccc2O1. The molecule has 0 bridgehead atoms. The maximum Gasteiger partial charge on any atom is 0.175 e. The summed E-state index contributed by atoms with van der Waals surface area (Å²) in [5, 5.41) is 9.24. The number of carbonyl (C=O) groups excluding carboxylic acids is 1. The van der Waals surface area contributed by atoms with Crippen molar-refractivity contribution < 1.29 is 14.3 Å². The first-order chi connectivity index (χ1) is 17.5. The van der Waals surface area contributed by atoms with Crippen LogP contribution in [0.3, 0.4) is 0 Å². The second-order valence-electron chi connectivity index (χ2n) is 8.35. The van der Waals surface area contributed by atoms with Gasteiger partial charge in [-0.2, -0.15) is 0 Å². The molecule has 5 rings (SSSR count). The van der Waals surface area contributed by atoms with Crippen LogP contribution in [-0.4, -0.2) is 39.0 Å². The van der Waals surface area contributed by atoms with E-state index >= 15 is 0 Å². The van der Waals surface area contributed by atoms with Crippen molar-refractivity contribution >= 4 is 52.2 Å². The highest BCUT2D eigenvalue weighted by atomic mass is 35.5. The molecule has 4 aromatic rings. The van der Waals surface area contributed by atoms with Gasteiger partial charge in [-0.05, 0) is 49.7 Å². The summed E-state index contributed by atoms with van der Waals surface area (Å²) in [4.78, 5) is 13.1. The fraction of sp³-hybridized carbons (Fsp3) is 0.269. The molecule has 0 aliphatic carbocycles. The lowest BCUT2D eigenvalue weighted by atomic mass is 10.2. The number of benzene rings is 2. The highest BCUT2D eigenvalue weighted by Gasteiger charge is 2.24. The second kappa shape index (κ2) is 11.3. The van der Waals surface area contributed by atoms with Crippen LogP contribution in [-0.2, 0) is 12.3 Å². The summed E-state index contributed by atoms with van der Waals surface area (Å²) >= 11 is 10.5. The van der Waals surface area contributed by atoms with Crippen molar-refractivity contribution in [3.05, 3.63) is 82.1 Å². The maximum absolute atomic E-state index is 13.1. The molecule has 0 N–H and O–H groups in total. The molecule has 1 unspecified atom stereocenters. The standard InChI is InChI=1S/C26H24ClN3O3S3/c1-16-11-21(17(2)30(16)12-20-13-32-23-5-3-4-6-24(23)33-20)22(31)15-35-26-29-28-25(36-26)34-14-18-7-9-19(27)10-8-18/h3-11,20H,12-15H2,1-2H3. The molecule has 0 amide bonds. The highest BCUT2D eigenvalue weighted by molar-refractivity contribution is 8.03. The number of hydrogen-bond acceptors (Lipinski definition) is 8. The van der Waals surface area contributed by atoms with Crippen molar-refractivity contribution in [2.24, 2.45) is 0 Å². The fourth-order valence-corrected chi connectivity index (χ4v) is 6.95. The zero-order valence-electron chi connectivity index (χ0n) is 19.8. The molecule has 1 aliphatic heterocycles. The van der Waals surface area contributed by atoms with E-state index in [2.05, 4.69) is 14.8 Å². The van der Waals surface area contributed by atoms with Crippen LogP contribution in [0.1, 0.15) is 27.3 Å². The molecule has 0 radical (unpaired) electrons. The van der Waals surface area contributed by atoms with Crippen LogP contribution in [0.5, 0.6) is 11.5 Å². The summed E-state index contributed by atoms with van der Waals surface area (Å²) in [6.07, 6.45) is -0.118. The van der Waals surface area contributed by atoms with Crippen molar-refractivity contribution in [3.63, 3.8) is 0 Å². The molecule has 36 heavy (non-hydrogen) atoms. The monoisotopic (exact) mass is 557 g/mol. The Morgan fingerprint density at radius 1 is 1.08 bits per heavy atom. The van der Waals surface area contributed by atoms with E-state index < -0.39 is 0 Å². The number of aromatic nitrogens is 3. The number of hydrogen-bond donors (Lipinski definition) is 0. The summed E-state index contributed by atoms with van der Waals surface area (Å²) in [6.45, 7) is 5.10. The summed E-state index contributed by atoms with van der Waals surface area (Å²) in [6, 6.07) is 17.4. The number of fused-ring (bicyclic) bond motifs is 1. The Bertz CT molecular complexity index is 1370.